The summed E-state index contributed by atoms with van der Waals surface area (Å²) in [5.41, 5.74) is -0.493. The molecule has 0 aliphatic rings. The van der Waals surface area contributed by atoms with Crippen molar-refractivity contribution in [2.45, 2.75) is 32.3 Å². The van der Waals surface area contributed by atoms with E-state index in [1.807, 2.05) is 13.8 Å². The summed E-state index contributed by atoms with van der Waals surface area (Å²) in [6, 6.07) is 0. The van der Waals surface area contributed by atoms with Crippen molar-refractivity contribution in [1.29, 1.82) is 0 Å². The third-order valence-corrected chi connectivity index (χ3v) is 4.46. The molecule has 2 heterocycles. The number of amides is 1. The molecule has 2 N–H and O–H groups in total. The average Bonchev–Trinajstić information content (AvgIpc) is 3.04. The van der Waals surface area contributed by atoms with Crippen LogP contribution in [0.3, 0.4) is 0 Å². The first kappa shape index (κ1) is 15.7. The molecule has 2 aromatic heterocycles. The van der Waals surface area contributed by atoms with Crippen LogP contribution in [0, 0.1) is 0 Å². The highest BCUT2D eigenvalue weighted by Crippen LogP contribution is 2.22. The summed E-state index contributed by atoms with van der Waals surface area (Å²) >= 11 is 1.38. The Hall–Kier alpha value is -1.73. The van der Waals surface area contributed by atoms with E-state index in [1.54, 1.807) is 37.2 Å². The fourth-order valence-corrected chi connectivity index (χ4v) is 2.64. The lowest BCUT2D eigenvalue weighted by Gasteiger charge is -2.21. The normalized spacial score (nSPS) is 14.2. The molecule has 7 heteroatoms. The van der Waals surface area contributed by atoms with Gasteiger partial charge in [0.15, 0.2) is 0 Å². The van der Waals surface area contributed by atoms with E-state index in [-0.39, 0.29) is 12.5 Å². The molecule has 0 aliphatic carbocycles. The summed E-state index contributed by atoms with van der Waals surface area (Å²) in [7, 11) is 1.78. The van der Waals surface area contributed by atoms with Crippen molar-refractivity contribution in [2.24, 2.45) is 7.05 Å². The van der Waals surface area contributed by atoms with Crippen LogP contribution in [0.15, 0.2) is 18.6 Å². The van der Waals surface area contributed by atoms with E-state index in [0.717, 1.165) is 5.01 Å². The lowest BCUT2D eigenvalue weighted by molar-refractivity contribution is 0.0527. The molecule has 1 atom stereocenters. The van der Waals surface area contributed by atoms with Gasteiger partial charge in [0.05, 0.1) is 23.9 Å². The quantitative estimate of drug-likeness (QED) is 0.880. The van der Waals surface area contributed by atoms with Crippen LogP contribution >= 0.6 is 11.3 Å². The van der Waals surface area contributed by atoms with Crippen molar-refractivity contribution in [3.63, 3.8) is 0 Å². The molecule has 0 radical (unpaired) electrons. The molecule has 0 saturated carbocycles. The maximum absolute atomic E-state index is 12.1. The van der Waals surface area contributed by atoms with Crippen LogP contribution in [0.2, 0.25) is 0 Å². The van der Waals surface area contributed by atoms with Crippen molar-refractivity contribution in [3.8, 4) is 0 Å². The van der Waals surface area contributed by atoms with E-state index in [0.29, 0.717) is 16.4 Å². The first-order chi connectivity index (χ1) is 9.79. The molecule has 1 unspecified atom stereocenters. The number of aliphatic hydroxyl groups is 1. The van der Waals surface area contributed by atoms with E-state index >= 15 is 0 Å². The molecule has 0 aliphatic heterocycles. The summed E-state index contributed by atoms with van der Waals surface area (Å²) < 4.78 is 1.61. The van der Waals surface area contributed by atoms with Crippen LogP contribution in [0.25, 0.3) is 0 Å². The number of nitrogens with zero attached hydrogens (tertiary/aromatic N) is 3. The fraction of sp³-hybridized carbons (Fsp3) is 0.500. The number of thiazole rings is 1. The molecular weight excluding hydrogens is 288 g/mol. The summed E-state index contributed by atoms with van der Waals surface area (Å²) in [5.74, 6) is 0.0821. The smallest absolute Gasteiger partial charge is 0.263 e. The van der Waals surface area contributed by atoms with Gasteiger partial charge in [0.2, 0.25) is 0 Å². The number of aryl methyl sites for hydroxylation is 1. The van der Waals surface area contributed by atoms with Gasteiger partial charge in [-0.3, -0.25) is 9.48 Å². The van der Waals surface area contributed by atoms with Gasteiger partial charge in [0, 0.05) is 24.7 Å². The first-order valence-corrected chi connectivity index (χ1v) is 7.56. The molecule has 0 bridgehead atoms. The molecule has 0 aromatic carbocycles. The second kappa shape index (κ2) is 5.95. The number of carbonyl (C=O) groups is 1. The second-order valence-corrected chi connectivity index (χ2v) is 6.64. The Labute approximate surface area is 127 Å². The molecular formula is C14H20N4O2S. The Kier molecular flexibility index (Phi) is 4.43. The van der Waals surface area contributed by atoms with Gasteiger partial charge >= 0.3 is 0 Å². The maximum Gasteiger partial charge on any atom is 0.263 e. The lowest BCUT2D eigenvalue weighted by Crippen LogP contribution is -2.38. The third-order valence-electron chi connectivity index (χ3n) is 3.16. The minimum Gasteiger partial charge on any atom is -0.383 e. The Morgan fingerprint density at radius 3 is 2.76 bits per heavy atom. The topological polar surface area (TPSA) is 80.0 Å². The Bertz CT molecular complexity index is 630. The number of nitrogens with one attached hydrogen (secondary N) is 1. The van der Waals surface area contributed by atoms with E-state index in [2.05, 4.69) is 15.4 Å². The predicted molar refractivity (Wildman–Crippen MR) is 81.3 cm³/mol. The van der Waals surface area contributed by atoms with Gasteiger partial charge < -0.3 is 10.4 Å². The highest BCUT2D eigenvalue weighted by Gasteiger charge is 2.26. The van der Waals surface area contributed by atoms with Crippen LogP contribution in [-0.2, 0) is 12.6 Å². The van der Waals surface area contributed by atoms with Gasteiger partial charge in [-0.25, -0.2) is 4.98 Å². The number of carbonyl (C=O) groups excluding carboxylic acids is 1. The zero-order chi connectivity index (χ0) is 15.6. The van der Waals surface area contributed by atoms with Crippen LogP contribution in [-0.4, -0.2) is 32.3 Å². The molecule has 1 amide bonds. The number of hydrogen-bond acceptors (Lipinski definition) is 5. The van der Waals surface area contributed by atoms with E-state index in [9.17, 15) is 9.90 Å². The van der Waals surface area contributed by atoms with Crippen LogP contribution in [0.5, 0.6) is 0 Å². The van der Waals surface area contributed by atoms with Crippen LogP contribution in [0.1, 0.15) is 46.9 Å². The predicted octanol–water partition coefficient (Wildman–Crippen LogP) is 1.64. The van der Waals surface area contributed by atoms with Crippen molar-refractivity contribution in [2.75, 3.05) is 6.54 Å². The second-order valence-electron chi connectivity index (χ2n) is 5.58. The van der Waals surface area contributed by atoms with Gasteiger partial charge in [-0.05, 0) is 6.92 Å². The van der Waals surface area contributed by atoms with Gasteiger partial charge in [0.25, 0.3) is 5.91 Å². The van der Waals surface area contributed by atoms with E-state index in [4.69, 9.17) is 0 Å². The number of aromatic nitrogens is 3. The Morgan fingerprint density at radius 1 is 1.52 bits per heavy atom. The minimum absolute atomic E-state index is 0.117. The molecule has 0 saturated heterocycles. The minimum atomic E-state index is -1.16. The SMILES string of the molecule is CC(C)c1ncc(C(=O)NCC(C)(O)c2cnn(C)c2)s1. The lowest BCUT2D eigenvalue weighted by atomic mass is 10.00. The molecule has 2 aromatic rings. The molecule has 21 heavy (non-hydrogen) atoms. The Balaban J connectivity index is 1.99. The van der Waals surface area contributed by atoms with Crippen molar-refractivity contribution in [1.82, 2.24) is 20.1 Å². The zero-order valence-corrected chi connectivity index (χ0v) is 13.4. The largest absolute Gasteiger partial charge is 0.383 e. The standard InChI is InChI=1S/C14H20N4O2S/c1-9(2)13-15-6-11(21-13)12(19)16-8-14(3,20)10-5-17-18(4)7-10/h5-7,9,20H,8H2,1-4H3,(H,16,19). The van der Waals surface area contributed by atoms with Gasteiger partial charge in [-0.15, -0.1) is 11.3 Å². The molecule has 0 fully saturated rings. The monoisotopic (exact) mass is 308 g/mol. The van der Waals surface area contributed by atoms with Gasteiger partial charge in [-0.1, -0.05) is 13.8 Å². The van der Waals surface area contributed by atoms with Crippen molar-refractivity contribution in [3.05, 3.63) is 34.0 Å². The van der Waals surface area contributed by atoms with Crippen LogP contribution < -0.4 is 5.32 Å². The Morgan fingerprint density at radius 2 is 2.24 bits per heavy atom. The highest BCUT2D eigenvalue weighted by atomic mass is 32.1. The van der Waals surface area contributed by atoms with Crippen molar-refractivity contribution >= 4 is 17.2 Å². The fourth-order valence-electron chi connectivity index (χ4n) is 1.80. The summed E-state index contributed by atoms with van der Waals surface area (Å²) in [6.07, 6.45) is 4.90. The summed E-state index contributed by atoms with van der Waals surface area (Å²) in [6.45, 7) is 5.84. The summed E-state index contributed by atoms with van der Waals surface area (Å²) in [4.78, 5) is 16.9. The van der Waals surface area contributed by atoms with Gasteiger partial charge in [0.1, 0.15) is 10.5 Å². The number of hydrogen-bond donors (Lipinski definition) is 2. The highest BCUT2D eigenvalue weighted by molar-refractivity contribution is 7.13. The molecule has 2 rings (SSSR count). The maximum atomic E-state index is 12.1. The van der Waals surface area contributed by atoms with Crippen molar-refractivity contribution < 1.29 is 9.90 Å². The van der Waals surface area contributed by atoms with E-state index in [1.165, 1.54) is 11.3 Å². The summed E-state index contributed by atoms with van der Waals surface area (Å²) in [5, 5.41) is 18.1. The van der Waals surface area contributed by atoms with Gasteiger partial charge in [-0.2, -0.15) is 5.10 Å². The average molecular weight is 308 g/mol. The zero-order valence-electron chi connectivity index (χ0n) is 12.6. The molecule has 114 valence electrons. The molecule has 0 spiro atoms. The first-order valence-electron chi connectivity index (χ1n) is 6.75. The van der Waals surface area contributed by atoms with E-state index < -0.39 is 5.60 Å². The molecule has 6 nitrogen and oxygen atoms in total. The van der Waals surface area contributed by atoms with Crippen LogP contribution in [0.4, 0.5) is 0 Å². The third kappa shape index (κ3) is 3.68. The number of rotatable bonds is 5.